The van der Waals surface area contributed by atoms with E-state index in [0.29, 0.717) is 16.0 Å². The molecule has 0 atom stereocenters. The van der Waals surface area contributed by atoms with Crippen molar-refractivity contribution in [1.29, 1.82) is 0 Å². The van der Waals surface area contributed by atoms with E-state index in [0.717, 1.165) is 12.5 Å². The SMILES string of the molecule is COC(=O)c1c(O)c2cnc(-c3cccc4cccc(Cl)c34)c(F)c2[nH]c1=O. The van der Waals surface area contributed by atoms with Gasteiger partial charge in [-0.1, -0.05) is 41.9 Å². The van der Waals surface area contributed by atoms with Crippen LogP contribution in [-0.4, -0.2) is 28.2 Å². The molecule has 0 bridgehead atoms. The first kappa shape index (κ1) is 17.9. The van der Waals surface area contributed by atoms with Crippen molar-refractivity contribution in [3.05, 3.63) is 69.4 Å². The van der Waals surface area contributed by atoms with Crippen LogP contribution in [0, 0.1) is 5.82 Å². The van der Waals surface area contributed by atoms with E-state index in [1.807, 2.05) is 12.1 Å². The second kappa shape index (κ2) is 6.61. The van der Waals surface area contributed by atoms with E-state index >= 15 is 4.39 Å². The fourth-order valence-corrected chi connectivity index (χ4v) is 3.46. The smallest absolute Gasteiger partial charge is 0.347 e. The summed E-state index contributed by atoms with van der Waals surface area (Å²) in [6, 6.07) is 10.5. The number of methoxy groups -OCH3 is 1. The first-order valence-corrected chi connectivity index (χ1v) is 8.51. The number of carbonyl (C=O) groups excluding carboxylic acids is 1. The number of H-pyrrole nitrogens is 1. The van der Waals surface area contributed by atoms with E-state index < -0.39 is 28.7 Å². The van der Waals surface area contributed by atoms with Gasteiger partial charge in [-0.15, -0.1) is 0 Å². The molecule has 0 spiro atoms. The normalized spacial score (nSPS) is 11.1. The highest BCUT2D eigenvalue weighted by atomic mass is 35.5. The van der Waals surface area contributed by atoms with Gasteiger partial charge in [-0.05, 0) is 11.5 Å². The number of rotatable bonds is 2. The molecule has 0 amide bonds. The van der Waals surface area contributed by atoms with Crippen molar-refractivity contribution in [2.45, 2.75) is 0 Å². The Kier molecular flexibility index (Phi) is 4.24. The quantitative estimate of drug-likeness (QED) is 0.497. The lowest BCUT2D eigenvalue weighted by Crippen LogP contribution is -2.19. The van der Waals surface area contributed by atoms with Crippen molar-refractivity contribution < 1.29 is 19.0 Å². The van der Waals surface area contributed by atoms with Gasteiger partial charge in [0.25, 0.3) is 5.56 Å². The number of nitrogens with zero attached hydrogens (tertiary/aromatic N) is 1. The highest BCUT2D eigenvalue weighted by molar-refractivity contribution is 6.36. The van der Waals surface area contributed by atoms with Gasteiger partial charge >= 0.3 is 5.97 Å². The van der Waals surface area contributed by atoms with Crippen LogP contribution in [0.5, 0.6) is 5.75 Å². The third-order valence-corrected chi connectivity index (χ3v) is 4.79. The molecule has 4 aromatic rings. The van der Waals surface area contributed by atoms with Crippen molar-refractivity contribution in [2.75, 3.05) is 7.11 Å². The van der Waals surface area contributed by atoms with E-state index in [9.17, 15) is 14.7 Å². The van der Waals surface area contributed by atoms with Gasteiger partial charge in [0.15, 0.2) is 11.4 Å². The van der Waals surface area contributed by atoms with Crippen molar-refractivity contribution in [3.63, 3.8) is 0 Å². The lowest BCUT2D eigenvalue weighted by molar-refractivity contribution is 0.0595. The molecule has 8 heteroatoms. The molecule has 0 aliphatic carbocycles. The Morgan fingerprint density at radius 2 is 1.96 bits per heavy atom. The summed E-state index contributed by atoms with van der Waals surface area (Å²) in [7, 11) is 1.07. The maximum Gasteiger partial charge on any atom is 0.347 e. The number of halogens is 2. The van der Waals surface area contributed by atoms with Gasteiger partial charge in [0.2, 0.25) is 0 Å². The van der Waals surface area contributed by atoms with Crippen LogP contribution >= 0.6 is 11.6 Å². The predicted octanol–water partition coefficient (Wildman–Crippen LogP) is 4.03. The molecule has 2 aromatic heterocycles. The number of aromatic amines is 1. The van der Waals surface area contributed by atoms with Crippen LogP contribution in [0.2, 0.25) is 5.02 Å². The third-order valence-electron chi connectivity index (χ3n) is 4.48. The molecule has 2 heterocycles. The van der Waals surface area contributed by atoms with Crippen LogP contribution in [0.3, 0.4) is 0 Å². The number of pyridine rings is 2. The minimum atomic E-state index is -1.04. The number of hydrogen-bond donors (Lipinski definition) is 2. The average molecular weight is 399 g/mol. The lowest BCUT2D eigenvalue weighted by Gasteiger charge is -2.11. The van der Waals surface area contributed by atoms with Crippen LogP contribution in [-0.2, 0) is 4.74 Å². The predicted molar refractivity (Wildman–Crippen MR) is 103 cm³/mol. The van der Waals surface area contributed by atoms with Crippen LogP contribution in [0.1, 0.15) is 10.4 Å². The first-order chi connectivity index (χ1) is 13.4. The van der Waals surface area contributed by atoms with Crippen molar-refractivity contribution in [3.8, 4) is 17.0 Å². The fraction of sp³-hybridized carbons (Fsp3) is 0.0500. The number of fused-ring (bicyclic) bond motifs is 2. The van der Waals surface area contributed by atoms with Crippen LogP contribution in [0.25, 0.3) is 32.9 Å². The standard InChI is InChI=1S/C20H12ClFN2O4/c1-28-20(27)14-18(25)11-8-23-16(15(22)17(11)24-19(14)26)10-6-2-4-9-5-3-7-12(21)13(9)10/h2-8H,1H3,(H2,24,25,26). The summed E-state index contributed by atoms with van der Waals surface area (Å²) in [5.74, 6) is -2.58. The van der Waals surface area contributed by atoms with E-state index in [4.69, 9.17) is 11.6 Å². The molecule has 0 saturated heterocycles. The second-order valence-electron chi connectivity index (χ2n) is 6.02. The summed E-state index contributed by atoms with van der Waals surface area (Å²) in [6.07, 6.45) is 1.18. The van der Waals surface area contributed by atoms with Gasteiger partial charge in [-0.2, -0.15) is 0 Å². The summed E-state index contributed by atoms with van der Waals surface area (Å²) in [4.78, 5) is 30.3. The number of hydrogen-bond acceptors (Lipinski definition) is 5. The number of carbonyl (C=O) groups is 1. The van der Waals surface area contributed by atoms with E-state index in [1.54, 1.807) is 24.3 Å². The van der Waals surface area contributed by atoms with Crippen molar-refractivity contribution in [1.82, 2.24) is 9.97 Å². The maximum atomic E-state index is 15.3. The molecule has 0 aliphatic rings. The zero-order chi connectivity index (χ0) is 20.0. The van der Waals surface area contributed by atoms with Crippen LogP contribution < -0.4 is 5.56 Å². The average Bonchev–Trinajstić information content (AvgIpc) is 2.68. The fourth-order valence-electron chi connectivity index (χ4n) is 3.18. The van der Waals surface area contributed by atoms with Crippen molar-refractivity contribution >= 4 is 39.2 Å². The third kappa shape index (κ3) is 2.59. The molecule has 28 heavy (non-hydrogen) atoms. The van der Waals surface area contributed by atoms with Crippen LogP contribution in [0.15, 0.2) is 47.4 Å². The van der Waals surface area contributed by atoms with Crippen molar-refractivity contribution in [2.24, 2.45) is 0 Å². The van der Waals surface area contributed by atoms with Gasteiger partial charge in [0, 0.05) is 22.2 Å². The Balaban J connectivity index is 2.06. The molecule has 0 unspecified atom stereocenters. The Morgan fingerprint density at radius 3 is 2.68 bits per heavy atom. The molecule has 6 nitrogen and oxygen atoms in total. The zero-order valence-electron chi connectivity index (χ0n) is 14.4. The molecule has 0 aliphatic heterocycles. The van der Waals surface area contributed by atoms with Gasteiger partial charge in [0.05, 0.1) is 18.0 Å². The minimum absolute atomic E-state index is 0.0490. The van der Waals surface area contributed by atoms with Gasteiger partial charge in [-0.3, -0.25) is 9.78 Å². The molecule has 2 aromatic carbocycles. The Labute approximate surface area is 162 Å². The Bertz CT molecular complexity index is 1330. The van der Waals surface area contributed by atoms with Crippen LogP contribution in [0.4, 0.5) is 4.39 Å². The summed E-state index contributed by atoms with van der Waals surface area (Å²) >= 11 is 6.31. The number of esters is 1. The largest absolute Gasteiger partial charge is 0.506 e. The maximum absolute atomic E-state index is 15.3. The monoisotopic (exact) mass is 398 g/mol. The summed E-state index contributed by atoms with van der Waals surface area (Å²) < 4.78 is 19.8. The molecule has 2 N–H and O–H groups in total. The van der Waals surface area contributed by atoms with Gasteiger partial charge in [-0.25, -0.2) is 9.18 Å². The number of benzene rings is 2. The molecular weight excluding hydrogens is 387 g/mol. The molecule has 0 saturated carbocycles. The Hall–Kier alpha value is -3.45. The minimum Gasteiger partial charge on any atom is -0.506 e. The zero-order valence-corrected chi connectivity index (χ0v) is 15.2. The second-order valence-corrected chi connectivity index (χ2v) is 6.43. The number of ether oxygens (including phenoxy) is 1. The molecule has 0 radical (unpaired) electrons. The van der Waals surface area contributed by atoms with E-state index in [-0.39, 0.29) is 16.6 Å². The highest BCUT2D eigenvalue weighted by Crippen LogP contribution is 2.36. The summed E-state index contributed by atoms with van der Waals surface area (Å²) in [6.45, 7) is 0. The van der Waals surface area contributed by atoms with E-state index in [1.165, 1.54) is 6.20 Å². The molecule has 140 valence electrons. The molecule has 0 fully saturated rings. The number of nitrogens with one attached hydrogen (secondary N) is 1. The topological polar surface area (TPSA) is 92.3 Å². The number of aromatic nitrogens is 2. The summed E-state index contributed by atoms with van der Waals surface area (Å²) in [5.41, 5.74) is -1.47. The van der Waals surface area contributed by atoms with Gasteiger partial charge < -0.3 is 14.8 Å². The Morgan fingerprint density at radius 1 is 1.25 bits per heavy atom. The molecule has 4 rings (SSSR count). The highest BCUT2D eigenvalue weighted by Gasteiger charge is 2.23. The first-order valence-electron chi connectivity index (χ1n) is 8.13. The van der Waals surface area contributed by atoms with E-state index in [2.05, 4.69) is 14.7 Å². The number of aromatic hydroxyl groups is 1. The molecular formula is C20H12ClFN2O4. The lowest BCUT2D eigenvalue weighted by atomic mass is 10.0. The van der Waals surface area contributed by atoms with Gasteiger partial charge in [0.1, 0.15) is 11.4 Å². The summed E-state index contributed by atoms with van der Waals surface area (Å²) in [5, 5.41) is 12.0.